The molecule has 0 N–H and O–H groups in total. The molecule has 0 radical (unpaired) electrons. The van der Waals surface area contributed by atoms with Gasteiger partial charge in [-0.1, -0.05) is 12.2 Å². The second kappa shape index (κ2) is 10.1. The van der Waals surface area contributed by atoms with Crippen molar-refractivity contribution in [1.29, 1.82) is 5.26 Å². The Morgan fingerprint density at radius 3 is 2.22 bits per heavy atom. The Morgan fingerprint density at radius 1 is 1.00 bits per heavy atom. The average molecular weight is 453 g/mol. The summed E-state index contributed by atoms with van der Waals surface area (Å²) in [5, 5.41) is 8.69. The number of allylic oxidation sites excluding steroid dienone is 2. The predicted molar refractivity (Wildman–Crippen MR) is 106 cm³/mol. The number of rotatable bonds is 7. The van der Waals surface area contributed by atoms with E-state index in [1.807, 2.05) is 6.08 Å². The monoisotopic (exact) mass is 453 g/mol. The second-order valence-corrected chi connectivity index (χ2v) is 7.75. The molecule has 0 bridgehead atoms. The Balaban J connectivity index is 1.75. The van der Waals surface area contributed by atoms with E-state index >= 15 is 0 Å². The van der Waals surface area contributed by atoms with Crippen LogP contribution in [0.1, 0.15) is 54.7 Å². The van der Waals surface area contributed by atoms with Crippen LogP contribution in [0.5, 0.6) is 5.75 Å². The number of hydrogen-bond acceptors (Lipinski definition) is 2. The van der Waals surface area contributed by atoms with Crippen molar-refractivity contribution in [2.45, 2.75) is 44.1 Å². The van der Waals surface area contributed by atoms with Crippen molar-refractivity contribution < 1.29 is 31.1 Å². The molecule has 8 heteroatoms. The zero-order chi connectivity index (χ0) is 23.3. The van der Waals surface area contributed by atoms with Gasteiger partial charge < -0.3 is 4.74 Å². The van der Waals surface area contributed by atoms with Crippen molar-refractivity contribution in [2.75, 3.05) is 6.67 Å². The van der Waals surface area contributed by atoms with Crippen LogP contribution in [0.2, 0.25) is 0 Å². The highest BCUT2D eigenvalue weighted by Gasteiger charge is 2.41. The predicted octanol–water partition coefficient (Wildman–Crippen LogP) is 7.29. The third-order valence-electron chi connectivity index (χ3n) is 5.59. The second-order valence-electron chi connectivity index (χ2n) is 7.75. The lowest BCUT2D eigenvalue weighted by atomic mass is 9.78. The van der Waals surface area contributed by atoms with E-state index in [0.717, 1.165) is 37.1 Å². The minimum atomic E-state index is -4.40. The smallest absolute Gasteiger partial charge is 0.429 e. The summed E-state index contributed by atoms with van der Waals surface area (Å²) in [6.45, 7) is -0.425. The minimum Gasteiger partial charge on any atom is -0.429 e. The first-order chi connectivity index (χ1) is 15.2. The van der Waals surface area contributed by atoms with Crippen LogP contribution in [0.15, 0.2) is 42.5 Å². The van der Waals surface area contributed by atoms with Gasteiger partial charge in [-0.15, -0.1) is 0 Å². The van der Waals surface area contributed by atoms with Crippen LogP contribution in [0, 0.1) is 34.7 Å². The molecule has 0 aliphatic heterocycles. The van der Waals surface area contributed by atoms with Crippen molar-refractivity contribution in [2.24, 2.45) is 5.92 Å². The van der Waals surface area contributed by atoms with E-state index < -0.39 is 41.5 Å². The summed E-state index contributed by atoms with van der Waals surface area (Å²) in [5.74, 6) is -4.59. The molecule has 1 aliphatic rings. The van der Waals surface area contributed by atoms with Gasteiger partial charge in [-0.2, -0.15) is 14.0 Å². The van der Waals surface area contributed by atoms with Gasteiger partial charge in [0.05, 0.1) is 12.2 Å². The molecular weight excluding hydrogens is 432 g/mol. The number of benzene rings is 2. The summed E-state index contributed by atoms with van der Waals surface area (Å²) in [6, 6.07) is 5.71. The number of halogens is 6. The van der Waals surface area contributed by atoms with Gasteiger partial charge in [0, 0.05) is 6.07 Å². The highest BCUT2D eigenvalue weighted by Crippen LogP contribution is 2.40. The van der Waals surface area contributed by atoms with Gasteiger partial charge in [0.15, 0.2) is 0 Å². The van der Waals surface area contributed by atoms with E-state index in [0.29, 0.717) is 25.3 Å². The van der Waals surface area contributed by atoms with E-state index in [2.05, 4.69) is 4.74 Å². The first-order valence-electron chi connectivity index (χ1n) is 10.2. The van der Waals surface area contributed by atoms with Gasteiger partial charge in [-0.3, -0.25) is 4.39 Å². The molecule has 0 amide bonds. The van der Waals surface area contributed by atoms with Gasteiger partial charge in [-0.05, 0) is 73.8 Å². The highest BCUT2D eigenvalue weighted by molar-refractivity contribution is 5.37. The molecule has 1 aliphatic carbocycles. The van der Waals surface area contributed by atoms with Crippen LogP contribution in [0.4, 0.5) is 26.3 Å². The number of nitrogens with zero attached hydrogens (tertiary/aromatic N) is 1. The van der Waals surface area contributed by atoms with Crippen molar-refractivity contribution in [3.63, 3.8) is 0 Å². The molecule has 1 fully saturated rings. The fraction of sp³-hybridized carbons (Fsp3) is 0.375. The SMILES string of the molecule is N#Cc1ccc(OC(F)(F)c2c(F)cc(C3CCC(/C=C/CCF)CC3)cc2F)cc1F. The zero-order valence-electron chi connectivity index (χ0n) is 17.1. The van der Waals surface area contributed by atoms with Crippen molar-refractivity contribution in [1.82, 2.24) is 0 Å². The summed E-state index contributed by atoms with van der Waals surface area (Å²) in [6.07, 6.45) is 2.44. The number of nitriles is 1. The standard InChI is InChI=1S/C24H21F6NO/c25-10-2-1-3-15-4-6-16(7-5-15)18-11-21(27)23(22(28)12-18)24(29,30)32-19-9-8-17(14-31)20(26)13-19/h1,3,8-9,11-13,15-16H,2,4-7,10H2/b3-1+. The van der Waals surface area contributed by atoms with Gasteiger partial charge in [0.1, 0.15) is 34.8 Å². The Bertz CT molecular complexity index is 999. The Hall–Kier alpha value is -2.95. The van der Waals surface area contributed by atoms with Gasteiger partial charge in [0.2, 0.25) is 0 Å². The maximum Gasteiger partial charge on any atom is 0.432 e. The molecule has 3 rings (SSSR count). The van der Waals surface area contributed by atoms with Crippen LogP contribution < -0.4 is 4.74 Å². The van der Waals surface area contributed by atoms with Crippen LogP contribution in [0.3, 0.4) is 0 Å². The molecular formula is C24H21F6NO. The summed E-state index contributed by atoms with van der Waals surface area (Å²) in [4.78, 5) is 0. The molecule has 2 aromatic carbocycles. The number of alkyl halides is 3. The van der Waals surface area contributed by atoms with Crippen molar-refractivity contribution in [3.05, 3.63) is 76.6 Å². The molecule has 0 unspecified atom stereocenters. The molecule has 0 saturated heterocycles. The van der Waals surface area contributed by atoms with Gasteiger partial charge in [-0.25, -0.2) is 13.2 Å². The quantitative estimate of drug-likeness (QED) is 0.326. The average Bonchev–Trinajstić information content (AvgIpc) is 2.73. The lowest BCUT2D eigenvalue weighted by Gasteiger charge is -2.28. The molecule has 170 valence electrons. The Kier molecular flexibility index (Phi) is 7.49. The van der Waals surface area contributed by atoms with Crippen molar-refractivity contribution in [3.8, 4) is 11.8 Å². The molecule has 2 aromatic rings. The Morgan fingerprint density at radius 2 is 1.66 bits per heavy atom. The fourth-order valence-corrected chi connectivity index (χ4v) is 3.95. The summed E-state index contributed by atoms with van der Waals surface area (Å²) >= 11 is 0. The van der Waals surface area contributed by atoms with Crippen LogP contribution in [-0.4, -0.2) is 6.67 Å². The lowest BCUT2D eigenvalue weighted by Crippen LogP contribution is -2.25. The lowest BCUT2D eigenvalue weighted by molar-refractivity contribution is -0.189. The summed E-state index contributed by atoms with van der Waals surface area (Å²) in [7, 11) is 0. The maximum absolute atomic E-state index is 14.6. The number of ether oxygens (including phenoxy) is 1. The molecule has 32 heavy (non-hydrogen) atoms. The van der Waals surface area contributed by atoms with Gasteiger partial charge in [0.25, 0.3) is 0 Å². The first-order valence-corrected chi connectivity index (χ1v) is 10.2. The largest absolute Gasteiger partial charge is 0.432 e. The minimum absolute atomic E-state index is 0.180. The molecule has 2 nitrogen and oxygen atoms in total. The van der Waals surface area contributed by atoms with Crippen LogP contribution >= 0.6 is 0 Å². The Labute approximate surface area is 182 Å². The van der Waals surface area contributed by atoms with Crippen LogP contribution in [-0.2, 0) is 6.11 Å². The van der Waals surface area contributed by atoms with E-state index in [1.54, 1.807) is 6.08 Å². The van der Waals surface area contributed by atoms with E-state index in [4.69, 9.17) is 5.26 Å². The third kappa shape index (κ3) is 5.45. The topological polar surface area (TPSA) is 33.0 Å². The van der Waals surface area contributed by atoms with Gasteiger partial charge >= 0.3 is 6.11 Å². The molecule has 0 aromatic heterocycles. The van der Waals surface area contributed by atoms with E-state index in [-0.39, 0.29) is 23.0 Å². The third-order valence-corrected chi connectivity index (χ3v) is 5.59. The molecule has 0 atom stereocenters. The first kappa shape index (κ1) is 23.7. The molecule has 0 heterocycles. The maximum atomic E-state index is 14.6. The molecule has 1 saturated carbocycles. The molecule has 0 spiro atoms. The number of hydrogen-bond donors (Lipinski definition) is 0. The normalized spacial score (nSPS) is 19.2. The van der Waals surface area contributed by atoms with Crippen molar-refractivity contribution >= 4 is 0 Å². The van der Waals surface area contributed by atoms with E-state index in [9.17, 15) is 26.3 Å². The highest BCUT2D eigenvalue weighted by atomic mass is 19.3. The summed E-state index contributed by atoms with van der Waals surface area (Å²) in [5.41, 5.74) is -1.65. The summed E-state index contributed by atoms with van der Waals surface area (Å²) < 4.78 is 88.4. The fourth-order valence-electron chi connectivity index (χ4n) is 3.95. The van der Waals surface area contributed by atoms with E-state index in [1.165, 1.54) is 6.07 Å². The zero-order valence-corrected chi connectivity index (χ0v) is 17.1. The van der Waals surface area contributed by atoms with Crippen LogP contribution in [0.25, 0.3) is 0 Å².